The van der Waals surface area contributed by atoms with Crippen LogP contribution in [0.15, 0.2) is 36.5 Å². The van der Waals surface area contributed by atoms with Crippen LogP contribution in [0.2, 0.25) is 0 Å². The summed E-state index contributed by atoms with van der Waals surface area (Å²) in [4.78, 5) is 72.7. The fourth-order valence-electron chi connectivity index (χ4n) is 10.8. The summed E-state index contributed by atoms with van der Waals surface area (Å²) in [7, 11) is -9.92. The average Bonchev–Trinajstić information content (AvgIpc) is 1.55. The van der Waals surface area contributed by atoms with Crippen molar-refractivity contribution < 1.29 is 80.2 Å². The van der Waals surface area contributed by atoms with Crippen LogP contribution in [0.25, 0.3) is 0 Å². The van der Waals surface area contributed by atoms with Gasteiger partial charge in [0.25, 0.3) is 0 Å². The van der Waals surface area contributed by atoms with Gasteiger partial charge in [0.2, 0.25) is 0 Å². The van der Waals surface area contributed by atoms with Gasteiger partial charge in [0, 0.05) is 25.7 Å². The van der Waals surface area contributed by atoms with Gasteiger partial charge in [-0.05, 0) is 57.8 Å². The molecule has 3 N–H and O–H groups in total. The van der Waals surface area contributed by atoms with Gasteiger partial charge in [-0.15, -0.1) is 0 Å². The number of aliphatic hydroxyl groups excluding tert-OH is 1. The molecule has 0 amide bonds. The number of unbranched alkanes of at least 4 members (excludes halogenated alkanes) is 41. The van der Waals surface area contributed by atoms with Gasteiger partial charge in [0.1, 0.15) is 19.3 Å². The monoisotopic (exact) mass is 1370 g/mol. The SMILES string of the molecule is CC/C=C\C/C=C\C/C=C\CCCCCCCC(=O)OCC(COP(=O)(O)OCC(O)COP(=O)(O)OCC(COC(=O)CCCCCCCCCCCCCCCCC)OC(=O)CCCCCCCCCCCCC)OC(=O)CCCCCCCCCCCCCCC. The number of carbonyl (C=O) groups is 4. The Morgan fingerprint density at radius 2 is 0.553 bits per heavy atom. The number of phosphoric ester groups is 2. The maximum Gasteiger partial charge on any atom is 0.472 e. The summed E-state index contributed by atoms with van der Waals surface area (Å²) in [6.07, 6.45) is 62.8. The Labute approximate surface area is 573 Å². The van der Waals surface area contributed by atoms with Crippen molar-refractivity contribution in [2.45, 2.75) is 380 Å². The molecule has 0 aromatic heterocycles. The fourth-order valence-corrected chi connectivity index (χ4v) is 12.4. The second-order valence-corrected chi connectivity index (χ2v) is 28.8. The maximum atomic E-state index is 13.1. The minimum Gasteiger partial charge on any atom is -0.462 e. The first kappa shape index (κ1) is 91.3. The van der Waals surface area contributed by atoms with Gasteiger partial charge < -0.3 is 33.8 Å². The number of aliphatic hydroxyl groups is 1. The first-order valence-corrected chi connectivity index (χ1v) is 41.2. The van der Waals surface area contributed by atoms with Crippen molar-refractivity contribution in [1.82, 2.24) is 0 Å². The van der Waals surface area contributed by atoms with Crippen LogP contribution in [0.5, 0.6) is 0 Å². The van der Waals surface area contributed by atoms with Crippen LogP contribution in [0.4, 0.5) is 0 Å². The molecule has 0 aliphatic rings. The largest absolute Gasteiger partial charge is 0.472 e. The number of carbonyl (C=O) groups excluding carboxylic acids is 4. The molecule has 0 bridgehead atoms. The molecule has 0 rings (SSSR count). The van der Waals surface area contributed by atoms with E-state index in [9.17, 15) is 43.2 Å². The van der Waals surface area contributed by atoms with E-state index in [0.29, 0.717) is 25.7 Å². The van der Waals surface area contributed by atoms with Crippen molar-refractivity contribution in [3.8, 4) is 0 Å². The highest BCUT2D eigenvalue weighted by Gasteiger charge is 2.30. The van der Waals surface area contributed by atoms with Crippen molar-refractivity contribution in [2.75, 3.05) is 39.6 Å². The summed E-state index contributed by atoms with van der Waals surface area (Å²) in [5.41, 5.74) is 0. The van der Waals surface area contributed by atoms with Gasteiger partial charge >= 0.3 is 39.5 Å². The van der Waals surface area contributed by atoms with E-state index in [-0.39, 0.29) is 25.7 Å². The summed E-state index contributed by atoms with van der Waals surface area (Å²) < 4.78 is 68.4. The molecule has 5 atom stereocenters. The first-order chi connectivity index (χ1) is 45.7. The van der Waals surface area contributed by atoms with Crippen molar-refractivity contribution >= 4 is 39.5 Å². The van der Waals surface area contributed by atoms with Gasteiger partial charge in [0.05, 0.1) is 26.4 Å². The lowest BCUT2D eigenvalue weighted by Crippen LogP contribution is -2.30. The van der Waals surface area contributed by atoms with E-state index in [0.717, 1.165) is 122 Å². The highest BCUT2D eigenvalue weighted by Crippen LogP contribution is 2.45. The van der Waals surface area contributed by atoms with E-state index < -0.39 is 97.5 Å². The molecule has 0 aliphatic carbocycles. The average molecular weight is 1380 g/mol. The summed E-state index contributed by atoms with van der Waals surface area (Å²) in [6.45, 7) is 4.81. The van der Waals surface area contributed by atoms with Crippen molar-refractivity contribution in [3.05, 3.63) is 36.5 Å². The smallest absolute Gasteiger partial charge is 0.462 e. The molecule has 0 spiro atoms. The van der Waals surface area contributed by atoms with Crippen LogP contribution >= 0.6 is 15.6 Å². The molecule has 19 heteroatoms. The first-order valence-electron chi connectivity index (χ1n) is 38.2. The molecule has 0 aliphatic heterocycles. The molecule has 94 heavy (non-hydrogen) atoms. The lowest BCUT2D eigenvalue weighted by Gasteiger charge is -2.21. The zero-order valence-electron chi connectivity index (χ0n) is 60.2. The highest BCUT2D eigenvalue weighted by molar-refractivity contribution is 7.47. The Morgan fingerprint density at radius 1 is 0.309 bits per heavy atom. The predicted molar refractivity (Wildman–Crippen MR) is 381 cm³/mol. The van der Waals surface area contributed by atoms with Crippen molar-refractivity contribution in [1.29, 1.82) is 0 Å². The third-order valence-corrected chi connectivity index (χ3v) is 18.6. The molecule has 5 unspecified atom stereocenters. The van der Waals surface area contributed by atoms with Gasteiger partial charge in [-0.1, -0.05) is 315 Å². The Morgan fingerprint density at radius 3 is 0.851 bits per heavy atom. The van der Waals surface area contributed by atoms with E-state index in [1.54, 1.807) is 0 Å². The molecular formula is C75H140O17P2. The Bertz CT molecular complexity index is 1930. The van der Waals surface area contributed by atoms with Gasteiger partial charge in [-0.25, -0.2) is 9.13 Å². The molecular weight excluding hydrogens is 1230 g/mol. The number of esters is 4. The van der Waals surface area contributed by atoms with E-state index in [4.69, 9.17) is 37.0 Å². The van der Waals surface area contributed by atoms with E-state index in [2.05, 4.69) is 64.2 Å². The number of phosphoric acid groups is 2. The summed E-state index contributed by atoms with van der Waals surface area (Å²) >= 11 is 0. The Balaban J connectivity index is 5.27. The molecule has 0 saturated heterocycles. The van der Waals surface area contributed by atoms with E-state index in [1.807, 2.05) is 0 Å². The van der Waals surface area contributed by atoms with Crippen LogP contribution in [0.1, 0.15) is 362 Å². The summed E-state index contributed by atoms with van der Waals surface area (Å²) in [5, 5.41) is 10.6. The number of rotatable bonds is 73. The normalized spacial score (nSPS) is 14.2. The van der Waals surface area contributed by atoms with Gasteiger partial charge in [0.15, 0.2) is 12.2 Å². The lowest BCUT2D eigenvalue weighted by atomic mass is 10.0. The molecule has 0 saturated carbocycles. The zero-order valence-corrected chi connectivity index (χ0v) is 61.9. The topological polar surface area (TPSA) is 237 Å². The van der Waals surface area contributed by atoms with Crippen LogP contribution in [-0.2, 0) is 65.4 Å². The molecule has 17 nitrogen and oxygen atoms in total. The standard InChI is InChI=1S/C75H140O17P2/c1-5-9-13-17-21-25-29-32-34-37-40-43-47-51-55-59-72(77)85-65-70(91-74(79)61-57-53-49-45-39-28-24-20-16-12-8-4)67-89-93(81,82)87-63-69(76)64-88-94(83,84)90-68-71(92-75(80)62-58-54-50-46-42-36-31-27-23-19-15-11-7-3)66-86-73(78)60-56-52-48-44-41-38-35-33-30-26-22-18-14-10-6-2/h10,14,22,26,33,35,69-71,76H,5-9,11-13,15-21,23-25,27-32,34,36-68H2,1-4H3,(H,81,82)(H,83,84)/b14-10-,26-22-,35-33-. The van der Waals surface area contributed by atoms with Crippen molar-refractivity contribution in [2.24, 2.45) is 0 Å². The van der Waals surface area contributed by atoms with Crippen LogP contribution < -0.4 is 0 Å². The van der Waals surface area contributed by atoms with Gasteiger partial charge in [-0.3, -0.25) is 37.3 Å². The minimum atomic E-state index is -4.96. The number of allylic oxidation sites excluding steroid dienone is 6. The maximum absolute atomic E-state index is 13.1. The second kappa shape index (κ2) is 68.8. The van der Waals surface area contributed by atoms with E-state index >= 15 is 0 Å². The molecule has 0 aromatic carbocycles. The second-order valence-electron chi connectivity index (χ2n) is 25.9. The fraction of sp³-hybridized carbons (Fsp3) is 0.867. The minimum absolute atomic E-state index is 0.0994. The number of hydrogen-bond donors (Lipinski definition) is 3. The molecule has 0 heterocycles. The van der Waals surface area contributed by atoms with Crippen LogP contribution in [0, 0.1) is 0 Å². The van der Waals surface area contributed by atoms with Crippen LogP contribution in [-0.4, -0.2) is 96.7 Å². The molecule has 552 valence electrons. The third kappa shape index (κ3) is 67.8. The Kier molecular flexibility index (Phi) is 66.8. The van der Waals surface area contributed by atoms with Crippen LogP contribution in [0.3, 0.4) is 0 Å². The van der Waals surface area contributed by atoms with Crippen molar-refractivity contribution in [3.63, 3.8) is 0 Å². The zero-order chi connectivity index (χ0) is 69.0. The number of hydrogen-bond acceptors (Lipinski definition) is 15. The quantitative estimate of drug-likeness (QED) is 0.0169. The Hall–Kier alpha value is -2.72. The highest BCUT2D eigenvalue weighted by atomic mass is 31.2. The summed E-state index contributed by atoms with van der Waals surface area (Å²) in [6, 6.07) is 0. The third-order valence-electron chi connectivity index (χ3n) is 16.6. The molecule has 0 radical (unpaired) electrons. The molecule has 0 fully saturated rings. The molecule has 0 aromatic rings. The summed E-state index contributed by atoms with van der Waals surface area (Å²) in [5.74, 6) is -2.15. The van der Waals surface area contributed by atoms with E-state index in [1.165, 1.54) is 161 Å². The predicted octanol–water partition coefficient (Wildman–Crippen LogP) is 21.6. The van der Waals surface area contributed by atoms with Gasteiger partial charge in [-0.2, -0.15) is 0 Å². The lowest BCUT2D eigenvalue weighted by molar-refractivity contribution is -0.161. The number of ether oxygens (including phenoxy) is 4.